The van der Waals surface area contributed by atoms with Crippen molar-refractivity contribution in [1.82, 2.24) is 24.8 Å². The van der Waals surface area contributed by atoms with Gasteiger partial charge in [0.2, 0.25) is 5.91 Å². The quantitative estimate of drug-likeness (QED) is 0.248. The molecule has 1 aromatic carbocycles. The van der Waals surface area contributed by atoms with E-state index < -0.39 is 12.6 Å². The molecule has 12 heteroatoms. The van der Waals surface area contributed by atoms with Crippen LogP contribution in [0.15, 0.2) is 30.6 Å². The summed E-state index contributed by atoms with van der Waals surface area (Å²) in [4.78, 5) is 23.3. The van der Waals surface area contributed by atoms with Crippen LogP contribution in [0.4, 0.5) is 19.0 Å². The third-order valence-corrected chi connectivity index (χ3v) is 10.8. The SMILES string of the molecule is CC(=O)NC12CC(Cn3c(C#N)cc4c(C)c(CN5CCC(Nc6ncnc7sc(CC(F)(F)F)cc67)CC5)ccc43)(C1)C2. The molecule has 2 N–H and O–H groups in total. The number of halogens is 3. The first-order valence-corrected chi connectivity index (χ1v) is 15.9. The van der Waals surface area contributed by atoms with Gasteiger partial charge in [-0.3, -0.25) is 9.69 Å². The lowest BCUT2D eigenvalue weighted by atomic mass is 9.39. The van der Waals surface area contributed by atoms with Crippen LogP contribution in [-0.4, -0.2) is 56.2 Å². The van der Waals surface area contributed by atoms with Gasteiger partial charge in [-0.05, 0) is 73.8 Å². The first kappa shape index (κ1) is 29.0. The van der Waals surface area contributed by atoms with E-state index in [4.69, 9.17) is 0 Å². The van der Waals surface area contributed by atoms with E-state index in [-0.39, 0.29) is 27.8 Å². The van der Waals surface area contributed by atoms with E-state index in [2.05, 4.69) is 55.2 Å². The lowest BCUT2D eigenvalue weighted by molar-refractivity contribution is -0.170. The fourth-order valence-electron chi connectivity index (χ4n) is 7.94. The highest BCUT2D eigenvalue weighted by atomic mass is 32.1. The topological polar surface area (TPSA) is 98.9 Å². The van der Waals surface area contributed by atoms with E-state index in [1.165, 1.54) is 17.5 Å². The van der Waals surface area contributed by atoms with Crippen LogP contribution in [0, 0.1) is 23.7 Å². The molecule has 3 saturated carbocycles. The molecule has 4 aliphatic rings. The second kappa shape index (κ2) is 10.4. The lowest BCUT2D eigenvalue weighted by Gasteiger charge is -2.70. The molecule has 8 rings (SSSR count). The fourth-order valence-corrected chi connectivity index (χ4v) is 8.96. The molecule has 44 heavy (non-hydrogen) atoms. The third-order valence-electron chi connectivity index (χ3n) is 9.73. The van der Waals surface area contributed by atoms with Gasteiger partial charge < -0.3 is 15.2 Å². The van der Waals surface area contributed by atoms with Gasteiger partial charge in [-0.15, -0.1) is 11.3 Å². The number of carbonyl (C=O) groups is 1. The molecule has 0 unspecified atom stereocenters. The van der Waals surface area contributed by atoms with Crippen LogP contribution in [0.25, 0.3) is 21.1 Å². The van der Waals surface area contributed by atoms with Crippen molar-refractivity contribution >= 4 is 44.2 Å². The van der Waals surface area contributed by atoms with Crippen molar-refractivity contribution in [1.29, 1.82) is 5.26 Å². The van der Waals surface area contributed by atoms with Gasteiger partial charge in [0.15, 0.2) is 0 Å². The highest BCUT2D eigenvalue weighted by Crippen LogP contribution is 2.68. The third kappa shape index (κ3) is 5.30. The summed E-state index contributed by atoms with van der Waals surface area (Å²) >= 11 is 1.07. The first-order chi connectivity index (χ1) is 20.9. The van der Waals surface area contributed by atoms with Gasteiger partial charge in [0.1, 0.15) is 28.7 Å². The number of aryl methyl sites for hydroxylation is 1. The molecule has 3 aromatic heterocycles. The minimum absolute atomic E-state index is 0.0259. The van der Waals surface area contributed by atoms with Crippen LogP contribution in [0.2, 0.25) is 0 Å². The zero-order valence-electron chi connectivity index (χ0n) is 24.7. The number of fused-ring (bicyclic) bond motifs is 2. The number of nitrogens with one attached hydrogen (secondary N) is 2. The molecule has 4 heterocycles. The zero-order chi connectivity index (χ0) is 30.9. The van der Waals surface area contributed by atoms with Crippen LogP contribution < -0.4 is 10.6 Å². The summed E-state index contributed by atoms with van der Waals surface area (Å²) < 4.78 is 40.9. The predicted octanol–water partition coefficient (Wildman–Crippen LogP) is 6.07. The summed E-state index contributed by atoms with van der Waals surface area (Å²) in [5, 5.41) is 18.3. The van der Waals surface area contributed by atoms with Crippen molar-refractivity contribution < 1.29 is 18.0 Å². The van der Waals surface area contributed by atoms with Crippen LogP contribution in [-0.2, 0) is 24.3 Å². The summed E-state index contributed by atoms with van der Waals surface area (Å²) in [5.74, 6) is 0.624. The van der Waals surface area contributed by atoms with E-state index in [0.717, 1.165) is 80.5 Å². The highest BCUT2D eigenvalue weighted by molar-refractivity contribution is 7.18. The maximum atomic E-state index is 12.9. The number of aromatic nitrogens is 3. The van der Waals surface area contributed by atoms with Gasteiger partial charge in [0.25, 0.3) is 0 Å². The van der Waals surface area contributed by atoms with E-state index in [1.54, 1.807) is 13.0 Å². The number of rotatable bonds is 8. The molecular weight excluding hydrogens is 587 g/mol. The number of nitriles is 1. The Hall–Kier alpha value is -3.69. The second-order valence-electron chi connectivity index (χ2n) is 13.1. The average Bonchev–Trinajstić information content (AvgIpc) is 3.49. The van der Waals surface area contributed by atoms with E-state index in [9.17, 15) is 23.2 Å². The summed E-state index contributed by atoms with van der Waals surface area (Å²) in [6, 6.07) is 10.5. The number of benzene rings is 1. The minimum Gasteiger partial charge on any atom is -0.367 e. The van der Waals surface area contributed by atoms with E-state index in [0.29, 0.717) is 21.7 Å². The first-order valence-electron chi connectivity index (χ1n) is 15.0. The number of nitrogens with zero attached hydrogens (tertiary/aromatic N) is 5. The number of hydrogen-bond acceptors (Lipinski definition) is 7. The number of thiophene rings is 1. The standard InChI is InChI=1S/C32H34F3N7OS/c1-19-21(3-4-27-25(19)9-23(12-36)42(27)17-30-14-31(15-30,16-30)40-20(2)43)13-41-7-5-22(6-8-41)39-28-26-10-24(11-32(33,34)35)44-29(26)38-18-37-28/h3-4,9-10,18,22H,5-8,11,13-17H2,1-2H3,(H,40,43)(H,37,38,39). The molecule has 8 nitrogen and oxygen atoms in total. The summed E-state index contributed by atoms with van der Waals surface area (Å²) in [6.07, 6.45) is 0.902. The van der Waals surface area contributed by atoms with Gasteiger partial charge in [0.05, 0.1) is 11.8 Å². The van der Waals surface area contributed by atoms with Gasteiger partial charge in [0, 0.05) is 60.5 Å². The predicted molar refractivity (Wildman–Crippen MR) is 163 cm³/mol. The Morgan fingerprint density at radius 1 is 1.16 bits per heavy atom. The Kier molecular flexibility index (Phi) is 6.90. The van der Waals surface area contributed by atoms with Crippen molar-refractivity contribution in [2.75, 3.05) is 18.4 Å². The molecule has 230 valence electrons. The molecule has 1 amide bonds. The molecule has 0 radical (unpaired) electrons. The second-order valence-corrected chi connectivity index (χ2v) is 14.3. The van der Waals surface area contributed by atoms with Crippen molar-refractivity contribution in [2.45, 2.75) is 83.2 Å². The molecule has 4 fully saturated rings. The molecule has 0 spiro atoms. The average molecular weight is 622 g/mol. The Balaban J connectivity index is 0.995. The van der Waals surface area contributed by atoms with Crippen LogP contribution in [0.5, 0.6) is 0 Å². The van der Waals surface area contributed by atoms with Crippen molar-refractivity contribution in [3.63, 3.8) is 0 Å². The zero-order valence-corrected chi connectivity index (χ0v) is 25.5. The number of hydrogen-bond donors (Lipinski definition) is 2. The number of alkyl halides is 3. The van der Waals surface area contributed by atoms with Crippen molar-refractivity contribution in [2.24, 2.45) is 5.41 Å². The van der Waals surface area contributed by atoms with Gasteiger partial charge in [-0.2, -0.15) is 18.4 Å². The molecule has 4 aromatic rings. The molecule has 2 bridgehead atoms. The number of amides is 1. The minimum atomic E-state index is -4.25. The summed E-state index contributed by atoms with van der Waals surface area (Å²) in [5.41, 5.74) is 4.35. The van der Waals surface area contributed by atoms with Crippen LogP contribution in [0.3, 0.4) is 0 Å². The molecular formula is C32H34F3N7OS. The monoisotopic (exact) mass is 621 g/mol. The summed E-state index contributed by atoms with van der Waals surface area (Å²) in [7, 11) is 0. The normalized spacial score (nSPS) is 23.7. The Morgan fingerprint density at radius 3 is 2.59 bits per heavy atom. The van der Waals surface area contributed by atoms with Gasteiger partial charge in [-0.25, -0.2) is 9.97 Å². The largest absolute Gasteiger partial charge is 0.393 e. The molecule has 0 atom stereocenters. The smallest absolute Gasteiger partial charge is 0.367 e. The summed E-state index contributed by atoms with van der Waals surface area (Å²) in [6.45, 7) is 7.09. The lowest BCUT2D eigenvalue weighted by Crippen LogP contribution is -2.75. The Labute approximate surface area is 257 Å². The number of carbonyl (C=O) groups excluding carboxylic acids is 1. The number of anilines is 1. The van der Waals surface area contributed by atoms with E-state index >= 15 is 0 Å². The van der Waals surface area contributed by atoms with Crippen molar-refractivity contribution in [3.05, 3.63) is 52.3 Å². The number of piperidine rings is 1. The Bertz CT molecular complexity index is 1790. The maximum Gasteiger partial charge on any atom is 0.393 e. The highest BCUT2D eigenvalue weighted by Gasteiger charge is 2.68. The maximum absolute atomic E-state index is 12.9. The molecule has 1 aliphatic heterocycles. The molecule has 1 saturated heterocycles. The fraction of sp³-hybridized carbons (Fsp3) is 0.500. The number of likely N-dealkylation sites (tertiary alicyclic amines) is 1. The Morgan fingerprint density at radius 2 is 1.91 bits per heavy atom. The van der Waals surface area contributed by atoms with Crippen molar-refractivity contribution in [3.8, 4) is 6.07 Å². The van der Waals surface area contributed by atoms with Gasteiger partial charge in [-0.1, -0.05) is 6.07 Å². The molecule has 3 aliphatic carbocycles. The van der Waals surface area contributed by atoms with Crippen LogP contribution in [0.1, 0.15) is 60.7 Å². The van der Waals surface area contributed by atoms with Gasteiger partial charge >= 0.3 is 6.18 Å². The van der Waals surface area contributed by atoms with E-state index in [1.807, 2.05) is 6.07 Å². The van der Waals surface area contributed by atoms with Crippen LogP contribution >= 0.6 is 11.3 Å².